The van der Waals surface area contributed by atoms with Crippen LogP contribution < -0.4 is 0 Å². The molecule has 3 atom stereocenters. The van der Waals surface area contributed by atoms with Gasteiger partial charge in [0.05, 0.1) is 24.4 Å². The zero-order valence-corrected chi connectivity index (χ0v) is 35.0. The van der Waals surface area contributed by atoms with E-state index in [-0.39, 0.29) is 17.6 Å². The van der Waals surface area contributed by atoms with Gasteiger partial charge in [0.25, 0.3) is 0 Å². The molecular formula is C41H82O10. The molecule has 0 aromatic rings. The van der Waals surface area contributed by atoms with Crippen molar-refractivity contribution in [3.8, 4) is 0 Å². The number of carbonyl (C=O) groups is 2. The topological polar surface area (TPSA) is 119 Å². The van der Waals surface area contributed by atoms with Crippen molar-refractivity contribution in [1.82, 2.24) is 0 Å². The molecule has 51 heavy (non-hydrogen) atoms. The summed E-state index contributed by atoms with van der Waals surface area (Å²) in [6.45, 7) is 22.9. The van der Waals surface area contributed by atoms with Crippen LogP contribution in [0.3, 0.4) is 0 Å². The van der Waals surface area contributed by atoms with Crippen molar-refractivity contribution >= 4 is 12.3 Å². The van der Waals surface area contributed by atoms with Gasteiger partial charge in [-0.1, -0.05) is 138 Å². The van der Waals surface area contributed by atoms with E-state index in [1.165, 1.54) is 89.9 Å². The minimum atomic E-state index is -1.21. The number of rotatable bonds is 31. The maximum atomic E-state index is 11.2. The fraction of sp³-hybridized carbons (Fsp3) is 0.951. The van der Waals surface area contributed by atoms with Gasteiger partial charge in [-0.05, 0) is 89.5 Å². The quantitative estimate of drug-likeness (QED) is 0.0319. The zero-order valence-electron chi connectivity index (χ0n) is 35.0. The fourth-order valence-corrected chi connectivity index (χ4v) is 5.55. The number of unbranched alkanes of at least 4 members (excludes halogenated alkanes) is 15. The van der Waals surface area contributed by atoms with Gasteiger partial charge in [0, 0.05) is 0 Å². The van der Waals surface area contributed by atoms with Gasteiger partial charge in [0.2, 0.25) is 0 Å². The van der Waals surface area contributed by atoms with E-state index in [1.54, 1.807) is 20.8 Å². The Balaban J connectivity index is 0. The summed E-state index contributed by atoms with van der Waals surface area (Å²) >= 11 is 0. The third-order valence-electron chi connectivity index (χ3n) is 8.56. The maximum absolute atomic E-state index is 11.2. The average Bonchev–Trinajstić information content (AvgIpc) is 3.01. The van der Waals surface area contributed by atoms with Gasteiger partial charge in [0.1, 0.15) is 6.10 Å². The summed E-state index contributed by atoms with van der Waals surface area (Å²) in [6, 6.07) is 0. The molecule has 0 aromatic carbocycles. The molecule has 0 aliphatic rings. The number of carbonyl (C=O) groups excluding carboxylic acids is 1. The van der Waals surface area contributed by atoms with Crippen LogP contribution in [0.4, 0.5) is 9.59 Å². The van der Waals surface area contributed by atoms with Crippen molar-refractivity contribution in [2.45, 2.75) is 222 Å². The Morgan fingerprint density at radius 1 is 0.627 bits per heavy atom. The summed E-state index contributed by atoms with van der Waals surface area (Å²) in [4.78, 5) is 42.0. The van der Waals surface area contributed by atoms with Crippen LogP contribution >= 0.6 is 0 Å². The standard InChI is InChI=1S/C23H46O5.C18H36O5/c1-5-6-7-8-9-10-11-12-13-14-15-16-17-18-19-20-21-25-22(24)26-28-27-23(2,3)4;1-8-18(6,7)23-21-12-15(5)11-16(22-17(19)20)10-14(4)9-13(2)3/h5-21H2,1-4H3;13-16H,8-12H2,1-7H3,(H,19,20). The molecule has 10 heteroatoms. The van der Waals surface area contributed by atoms with Crippen LogP contribution in [0.2, 0.25) is 0 Å². The lowest BCUT2D eigenvalue weighted by molar-refractivity contribution is -0.514. The van der Waals surface area contributed by atoms with E-state index in [2.05, 4.69) is 37.6 Å². The predicted molar refractivity (Wildman–Crippen MR) is 205 cm³/mol. The van der Waals surface area contributed by atoms with Crippen LogP contribution in [0.1, 0.15) is 205 Å². The first-order chi connectivity index (χ1) is 24.0. The van der Waals surface area contributed by atoms with E-state index < -0.39 is 17.9 Å². The van der Waals surface area contributed by atoms with Crippen molar-refractivity contribution in [3.63, 3.8) is 0 Å². The number of ether oxygens (including phenoxy) is 2. The lowest BCUT2D eigenvalue weighted by Gasteiger charge is -2.25. The molecule has 0 amide bonds. The van der Waals surface area contributed by atoms with Crippen LogP contribution in [-0.4, -0.2) is 47.9 Å². The largest absolute Gasteiger partial charge is 0.542 e. The molecule has 0 spiro atoms. The average molecular weight is 735 g/mol. The van der Waals surface area contributed by atoms with Crippen LogP contribution in [0.15, 0.2) is 0 Å². The van der Waals surface area contributed by atoms with Crippen molar-refractivity contribution < 1.29 is 48.8 Å². The lowest BCUT2D eigenvalue weighted by atomic mass is 9.90. The Hall–Kier alpha value is -1.62. The molecule has 1 N–H and O–H groups in total. The first-order valence-corrected chi connectivity index (χ1v) is 20.4. The molecule has 0 fully saturated rings. The molecule has 0 aromatic heterocycles. The summed E-state index contributed by atoms with van der Waals surface area (Å²) in [7, 11) is 0. The highest BCUT2D eigenvalue weighted by molar-refractivity contribution is 5.58. The first-order valence-electron chi connectivity index (χ1n) is 20.4. The molecule has 0 heterocycles. The third-order valence-corrected chi connectivity index (χ3v) is 8.56. The molecule has 306 valence electrons. The molecule has 0 rings (SSSR count). The molecule has 0 saturated carbocycles. The van der Waals surface area contributed by atoms with Crippen molar-refractivity contribution in [2.24, 2.45) is 17.8 Å². The normalized spacial score (nSPS) is 13.6. The molecule has 10 nitrogen and oxygen atoms in total. The number of hydrogen-bond donors (Lipinski definition) is 1. The predicted octanol–water partition coefficient (Wildman–Crippen LogP) is 13.3. The van der Waals surface area contributed by atoms with E-state index in [4.69, 9.17) is 29.2 Å². The monoisotopic (exact) mass is 735 g/mol. The summed E-state index contributed by atoms with van der Waals surface area (Å²) in [5.41, 5.74) is -0.837. The number of carboxylic acid groups (broad SMARTS) is 1. The van der Waals surface area contributed by atoms with E-state index in [9.17, 15) is 9.59 Å². The van der Waals surface area contributed by atoms with E-state index in [0.717, 1.165) is 32.1 Å². The highest BCUT2D eigenvalue weighted by atomic mass is 17.5. The van der Waals surface area contributed by atoms with E-state index in [0.29, 0.717) is 31.5 Å². The SMILES string of the molecule is CCC(C)(C)OOCC(C)CC(CC(C)CC(C)C)OC(=O)O.CCCCCCCCCCCCCCCCCCOC(=O)OOOC(C)(C)C. The van der Waals surface area contributed by atoms with Gasteiger partial charge < -0.3 is 14.6 Å². The van der Waals surface area contributed by atoms with Crippen LogP contribution in [0.5, 0.6) is 0 Å². The van der Waals surface area contributed by atoms with Crippen molar-refractivity contribution in [1.29, 1.82) is 0 Å². The number of hydrogen-bond acceptors (Lipinski definition) is 9. The Morgan fingerprint density at radius 2 is 1.10 bits per heavy atom. The molecule has 0 saturated heterocycles. The van der Waals surface area contributed by atoms with Gasteiger partial charge in [-0.15, -0.1) is 0 Å². The van der Waals surface area contributed by atoms with Gasteiger partial charge in [-0.25, -0.2) is 24.3 Å². The van der Waals surface area contributed by atoms with E-state index >= 15 is 0 Å². The lowest BCUT2D eigenvalue weighted by Crippen LogP contribution is -2.27. The van der Waals surface area contributed by atoms with Crippen LogP contribution in [0, 0.1) is 17.8 Å². The maximum Gasteiger partial charge on any atom is 0.542 e. The van der Waals surface area contributed by atoms with Gasteiger partial charge in [0.15, 0.2) is 0 Å². The third kappa shape index (κ3) is 41.0. The second-order valence-electron chi connectivity index (χ2n) is 16.5. The zero-order chi connectivity index (χ0) is 39.0. The molecule has 0 radical (unpaired) electrons. The van der Waals surface area contributed by atoms with Gasteiger partial charge in [-0.3, -0.25) is 0 Å². The molecule has 3 unspecified atom stereocenters. The minimum Gasteiger partial charge on any atom is -0.450 e. The van der Waals surface area contributed by atoms with Crippen LogP contribution in [0.25, 0.3) is 0 Å². The Labute approximate surface area is 313 Å². The second kappa shape index (κ2) is 33.0. The van der Waals surface area contributed by atoms with Gasteiger partial charge >= 0.3 is 12.3 Å². The molecular weight excluding hydrogens is 652 g/mol. The second-order valence-corrected chi connectivity index (χ2v) is 16.5. The Bertz CT molecular complexity index is 796. The van der Waals surface area contributed by atoms with Crippen molar-refractivity contribution in [3.05, 3.63) is 0 Å². The summed E-state index contributed by atoms with van der Waals surface area (Å²) in [5, 5.41) is 13.3. The Kier molecular flexibility index (Phi) is 33.3. The summed E-state index contributed by atoms with van der Waals surface area (Å²) in [5.74, 6) is 1.20. The van der Waals surface area contributed by atoms with Gasteiger partial charge in [-0.2, -0.15) is 4.89 Å². The molecule has 0 aliphatic carbocycles. The highest BCUT2D eigenvalue weighted by Crippen LogP contribution is 2.23. The fourth-order valence-electron chi connectivity index (χ4n) is 5.55. The smallest absolute Gasteiger partial charge is 0.450 e. The highest BCUT2D eigenvalue weighted by Gasteiger charge is 2.23. The molecule has 0 aliphatic heterocycles. The Morgan fingerprint density at radius 3 is 1.53 bits per heavy atom. The first kappa shape index (κ1) is 51.5. The van der Waals surface area contributed by atoms with E-state index in [1.807, 2.05) is 27.7 Å². The molecule has 0 bridgehead atoms. The minimum absolute atomic E-state index is 0.165. The van der Waals surface area contributed by atoms with Crippen LogP contribution in [-0.2, 0) is 34.1 Å². The van der Waals surface area contributed by atoms with Crippen molar-refractivity contribution in [2.75, 3.05) is 13.2 Å². The summed E-state index contributed by atoms with van der Waals surface area (Å²) < 4.78 is 9.97. The summed E-state index contributed by atoms with van der Waals surface area (Å²) in [6.07, 6.45) is 22.1.